The van der Waals surface area contributed by atoms with Crippen LogP contribution in [0.25, 0.3) is 6.08 Å². The van der Waals surface area contributed by atoms with E-state index in [2.05, 4.69) is 4.98 Å². The number of ether oxygens (including phenoxy) is 1. The van der Waals surface area contributed by atoms with E-state index in [1.807, 2.05) is 13.0 Å². The van der Waals surface area contributed by atoms with Crippen LogP contribution in [0.3, 0.4) is 0 Å². The van der Waals surface area contributed by atoms with Crippen LogP contribution in [0.4, 0.5) is 5.69 Å². The van der Waals surface area contributed by atoms with Gasteiger partial charge in [0.15, 0.2) is 0 Å². The molecule has 0 aliphatic carbocycles. The molecule has 0 atom stereocenters. The first-order valence-electron chi connectivity index (χ1n) is 5.17. The molecular weight excluding hydrogens is 204 g/mol. The van der Waals surface area contributed by atoms with Gasteiger partial charge in [-0.3, -0.25) is 9.78 Å². The van der Waals surface area contributed by atoms with Gasteiger partial charge >= 0.3 is 5.97 Å². The fraction of sp³-hybridized carbons (Fsp3) is 0.333. The molecule has 1 rings (SSSR count). The molecule has 86 valence electrons. The molecule has 0 saturated heterocycles. The average molecular weight is 220 g/mol. The van der Waals surface area contributed by atoms with Gasteiger partial charge in [-0.2, -0.15) is 0 Å². The number of pyridine rings is 1. The Kier molecular flexibility index (Phi) is 4.51. The zero-order valence-corrected chi connectivity index (χ0v) is 9.56. The minimum absolute atomic E-state index is 0.239. The Morgan fingerprint density at radius 2 is 2.38 bits per heavy atom. The third-order valence-corrected chi connectivity index (χ3v) is 1.95. The molecule has 0 aliphatic rings. The van der Waals surface area contributed by atoms with E-state index in [0.717, 1.165) is 5.56 Å². The fourth-order valence-electron chi connectivity index (χ4n) is 1.23. The largest absolute Gasteiger partial charge is 0.466 e. The quantitative estimate of drug-likeness (QED) is 0.787. The lowest BCUT2D eigenvalue weighted by molar-refractivity contribution is -0.142. The van der Waals surface area contributed by atoms with E-state index in [1.165, 1.54) is 0 Å². The number of nitrogens with zero attached hydrogens (tertiary/aromatic N) is 1. The van der Waals surface area contributed by atoms with Crippen LogP contribution in [0.5, 0.6) is 0 Å². The zero-order chi connectivity index (χ0) is 12.0. The molecule has 0 amide bonds. The first-order valence-corrected chi connectivity index (χ1v) is 5.17. The Balaban J connectivity index is 2.59. The molecule has 4 nitrogen and oxygen atoms in total. The lowest BCUT2D eigenvalue weighted by Gasteiger charge is -2.00. The van der Waals surface area contributed by atoms with Crippen molar-refractivity contribution in [2.45, 2.75) is 20.3 Å². The maximum absolute atomic E-state index is 11.0. The van der Waals surface area contributed by atoms with Crippen molar-refractivity contribution in [1.82, 2.24) is 4.98 Å². The number of esters is 1. The lowest BCUT2D eigenvalue weighted by atomic mass is 10.2. The van der Waals surface area contributed by atoms with Gasteiger partial charge in [-0.1, -0.05) is 6.08 Å². The number of nitrogens with two attached hydrogens (primary N) is 1. The summed E-state index contributed by atoms with van der Waals surface area (Å²) in [6, 6.07) is 1.84. The van der Waals surface area contributed by atoms with Gasteiger partial charge in [0.25, 0.3) is 0 Å². The number of anilines is 1. The Morgan fingerprint density at radius 1 is 1.62 bits per heavy atom. The highest BCUT2D eigenvalue weighted by Gasteiger charge is 1.99. The smallest absolute Gasteiger partial charge is 0.309 e. The number of hydrogen-bond acceptors (Lipinski definition) is 4. The molecular formula is C12H16N2O2. The van der Waals surface area contributed by atoms with Crippen molar-refractivity contribution >= 4 is 17.7 Å². The van der Waals surface area contributed by atoms with Gasteiger partial charge in [0.05, 0.1) is 24.4 Å². The van der Waals surface area contributed by atoms with Crippen molar-refractivity contribution < 1.29 is 9.53 Å². The topological polar surface area (TPSA) is 65.2 Å². The third kappa shape index (κ3) is 3.73. The summed E-state index contributed by atoms with van der Waals surface area (Å²) in [6.07, 6.45) is 5.40. The molecule has 0 fully saturated rings. The van der Waals surface area contributed by atoms with E-state index in [1.54, 1.807) is 25.3 Å². The van der Waals surface area contributed by atoms with Gasteiger partial charge in [-0.05, 0) is 31.6 Å². The number of carbonyl (C=O) groups is 1. The van der Waals surface area contributed by atoms with Gasteiger partial charge in [-0.25, -0.2) is 0 Å². The summed E-state index contributed by atoms with van der Waals surface area (Å²) in [6.45, 7) is 4.11. The fourth-order valence-corrected chi connectivity index (χ4v) is 1.23. The van der Waals surface area contributed by atoms with Crippen LogP contribution >= 0.6 is 0 Å². The highest BCUT2D eigenvalue weighted by atomic mass is 16.5. The highest BCUT2D eigenvalue weighted by Crippen LogP contribution is 2.12. The van der Waals surface area contributed by atoms with E-state index in [4.69, 9.17) is 10.5 Å². The van der Waals surface area contributed by atoms with Gasteiger partial charge < -0.3 is 10.5 Å². The van der Waals surface area contributed by atoms with Crippen LogP contribution in [0.1, 0.15) is 24.6 Å². The Bertz CT molecular complexity index is 400. The third-order valence-electron chi connectivity index (χ3n) is 1.95. The summed E-state index contributed by atoms with van der Waals surface area (Å²) in [5.41, 5.74) is 8.07. The molecule has 4 heteroatoms. The number of aromatic nitrogens is 1. The SMILES string of the molecule is CCOC(=O)CC=Cc1ncc(C)cc1N. The van der Waals surface area contributed by atoms with Crippen LogP contribution in [-0.2, 0) is 9.53 Å². The summed E-state index contributed by atoms with van der Waals surface area (Å²) >= 11 is 0. The second-order valence-corrected chi connectivity index (χ2v) is 3.40. The van der Waals surface area contributed by atoms with Crippen LogP contribution in [-0.4, -0.2) is 17.6 Å². The summed E-state index contributed by atoms with van der Waals surface area (Å²) in [7, 11) is 0. The average Bonchev–Trinajstić information content (AvgIpc) is 2.22. The Hall–Kier alpha value is -1.84. The van der Waals surface area contributed by atoms with Crippen LogP contribution in [0, 0.1) is 6.92 Å². The van der Waals surface area contributed by atoms with Crippen molar-refractivity contribution in [2.75, 3.05) is 12.3 Å². The standard InChI is InChI=1S/C12H16N2O2/c1-3-16-12(15)6-4-5-11-10(13)7-9(2)8-14-11/h4-5,7-8H,3,6,13H2,1-2H3. The molecule has 0 bridgehead atoms. The second-order valence-electron chi connectivity index (χ2n) is 3.40. The molecule has 0 radical (unpaired) electrons. The molecule has 1 aromatic rings. The maximum atomic E-state index is 11.0. The normalized spacial score (nSPS) is 10.6. The minimum Gasteiger partial charge on any atom is -0.466 e. The predicted molar refractivity (Wildman–Crippen MR) is 63.7 cm³/mol. The minimum atomic E-state index is -0.246. The molecule has 0 unspecified atom stereocenters. The summed E-state index contributed by atoms with van der Waals surface area (Å²) in [5.74, 6) is -0.246. The van der Waals surface area contributed by atoms with Crippen LogP contribution < -0.4 is 5.73 Å². The number of nitrogen functional groups attached to an aromatic ring is 1. The molecule has 0 saturated carbocycles. The molecule has 0 aromatic carbocycles. The van der Waals surface area contributed by atoms with Crippen molar-refractivity contribution in [2.24, 2.45) is 0 Å². The first kappa shape index (κ1) is 12.2. The van der Waals surface area contributed by atoms with Gasteiger partial charge in [0.2, 0.25) is 0 Å². The number of carbonyl (C=O) groups excluding carboxylic acids is 1. The van der Waals surface area contributed by atoms with E-state index in [-0.39, 0.29) is 12.4 Å². The first-order chi connectivity index (χ1) is 7.63. The molecule has 0 aliphatic heterocycles. The van der Waals surface area contributed by atoms with Crippen molar-refractivity contribution in [3.05, 3.63) is 29.6 Å². The van der Waals surface area contributed by atoms with Gasteiger partial charge in [0, 0.05) is 6.20 Å². The van der Waals surface area contributed by atoms with E-state index >= 15 is 0 Å². The molecule has 1 aromatic heterocycles. The van der Waals surface area contributed by atoms with Crippen LogP contribution in [0.15, 0.2) is 18.3 Å². The van der Waals surface area contributed by atoms with Crippen molar-refractivity contribution in [3.63, 3.8) is 0 Å². The van der Waals surface area contributed by atoms with Gasteiger partial charge in [-0.15, -0.1) is 0 Å². The molecule has 1 heterocycles. The van der Waals surface area contributed by atoms with E-state index < -0.39 is 0 Å². The lowest BCUT2D eigenvalue weighted by Crippen LogP contribution is -2.01. The van der Waals surface area contributed by atoms with E-state index in [0.29, 0.717) is 18.0 Å². The predicted octanol–water partition coefficient (Wildman–Crippen LogP) is 1.94. The number of rotatable bonds is 4. The second kappa shape index (κ2) is 5.90. The molecule has 0 spiro atoms. The summed E-state index contributed by atoms with van der Waals surface area (Å²) < 4.78 is 4.79. The number of hydrogen-bond donors (Lipinski definition) is 1. The molecule has 2 N–H and O–H groups in total. The zero-order valence-electron chi connectivity index (χ0n) is 9.56. The van der Waals surface area contributed by atoms with E-state index in [9.17, 15) is 4.79 Å². The van der Waals surface area contributed by atoms with Crippen molar-refractivity contribution in [1.29, 1.82) is 0 Å². The number of aryl methyl sites for hydroxylation is 1. The van der Waals surface area contributed by atoms with Gasteiger partial charge in [0.1, 0.15) is 0 Å². The Labute approximate surface area is 95.1 Å². The van der Waals surface area contributed by atoms with Crippen LogP contribution in [0.2, 0.25) is 0 Å². The molecule has 16 heavy (non-hydrogen) atoms. The van der Waals surface area contributed by atoms with Crippen molar-refractivity contribution in [3.8, 4) is 0 Å². The maximum Gasteiger partial charge on any atom is 0.309 e. The summed E-state index contributed by atoms with van der Waals surface area (Å²) in [5, 5.41) is 0. The summed E-state index contributed by atoms with van der Waals surface area (Å²) in [4.78, 5) is 15.2. The Morgan fingerprint density at radius 3 is 3.00 bits per heavy atom. The highest BCUT2D eigenvalue weighted by molar-refractivity contribution is 5.73. The monoisotopic (exact) mass is 220 g/mol.